The lowest BCUT2D eigenvalue weighted by atomic mass is 10.2. The Morgan fingerprint density at radius 1 is 1.18 bits per heavy atom. The highest BCUT2D eigenvalue weighted by atomic mass is 32.2. The van der Waals surface area contributed by atoms with Crippen molar-refractivity contribution < 1.29 is 17.9 Å². The maximum absolute atomic E-state index is 12.8. The van der Waals surface area contributed by atoms with Gasteiger partial charge >= 0.3 is 0 Å². The predicted octanol–water partition coefficient (Wildman–Crippen LogP) is 3.51. The fourth-order valence-electron chi connectivity index (χ4n) is 3.29. The Kier molecular flexibility index (Phi) is 6.87. The van der Waals surface area contributed by atoms with Crippen LogP contribution in [-0.2, 0) is 26.0 Å². The largest absolute Gasteiger partial charge is 0.373 e. The zero-order chi connectivity index (χ0) is 20.1. The number of carbonyl (C=O) groups is 1. The molecule has 3 rings (SSSR count). The van der Waals surface area contributed by atoms with Crippen molar-refractivity contribution in [3.05, 3.63) is 46.7 Å². The van der Waals surface area contributed by atoms with Gasteiger partial charge in [-0.25, -0.2) is 8.42 Å². The van der Waals surface area contributed by atoms with Crippen molar-refractivity contribution in [3.63, 3.8) is 0 Å². The summed E-state index contributed by atoms with van der Waals surface area (Å²) in [5, 5.41) is 4.86. The Labute approximate surface area is 170 Å². The van der Waals surface area contributed by atoms with Crippen LogP contribution in [0.25, 0.3) is 0 Å². The Morgan fingerprint density at radius 3 is 2.46 bits per heavy atom. The zero-order valence-corrected chi connectivity index (χ0v) is 17.8. The van der Waals surface area contributed by atoms with Crippen LogP contribution in [0.1, 0.15) is 31.6 Å². The molecule has 1 saturated heterocycles. The number of carbonyl (C=O) groups excluding carboxylic acids is 1. The zero-order valence-electron chi connectivity index (χ0n) is 16.1. The summed E-state index contributed by atoms with van der Waals surface area (Å²) in [4.78, 5) is 13.6. The third kappa shape index (κ3) is 5.41. The van der Waals surface area contributed by atoms with Gasteiger partial charge in [-0.15, -0.1) is 11.3 Å². The number of hydrogen-bond acceptors (Lipinski definition) is 5. The van der Waals surface area contributed by atoms with E-state index in [1.54, 1.807) is 35.6 Å². The van der Waals surface area contributed by atoms with Gasteiger partial charge in [0.2, 0.25) is 15.9 Å². The monoisotopic (exact) mass is 422 g/mol. The Bertz CT molecular complexity index is 869. The highest BCUT2D eigenvalue weighted by Gasteiger charge is 2.32. The molecule has 1 aromatic heterocycles. The van der Waals surface area contributed by atoms with Crippen LogP contribution in [0.15, 0.2) is 46.7 Å². The quantitative estimate of drug-likeness (QED) is 0.741. The smallest absolute Gasteiger partial charge is 0.243 e. The van der Waals surface area contributed by atoms with Gasteiger partial charge in [-0.05, 0) is 62.4 Å². The van der Waals surface area contributed by atoms with Crippen LogP contribution in [0.5, 0.6) is 0 Å². The van der Waals surface area contributed by atoms with Crippen LogP contribution in [0.4, 0.5) is 5.69 Å². The molecule has 152 valence electrons. The summed E-state index contributed by atoms with van der Waals surface area (Å²) in [5.41, 5.74) is 0.601. The van der Waals surface area contributed by atoms with Gasteiger partial charge in [0.1, 0.15) is 0 Å². The summed E-state index contributed by atoms with van der Waals surface area (Å²) < 4.78 is 32.8. The fourth-order valence-corrected chi connectivity index (χ4v) is 5.63. The average molecular weight is 423 g/mol. The number of benzene rings is 1. The Morgan fingerprint density at radius 2 is 1.86 bits per heavy atom. The molecular formula is C20H26N2O4S2. The summed E-state index contributed by atoms with van der Waals surface area (Å²) in [6.45, 7) is 4.43. The molecule has 0 aliphatic carbocycles. The summed E-state index contributed by atoms with van der Waals surface area (Å²) in [6.07, 6.45) is 1.84. The molecule has 1 aliphatic rings. The summed E-state index contributed by atoms with van der Waals surface area (Å²) in [7, 11) is -3.57. The van der Waals surface area contributed by atoms with E-state index >= 15 is 0 Å². The lowest BCUT2D eigenvalue weighted by molar-refractivity contribution is -0.116. The average Bonchev–Trinajstić information content (AvgIpc) is 3.15. The molecule has 2 atom stereocenters. The molecule has 2 aromatic rings. The first kappa shape index (κ1) is 21.0. The SMILES string of the molecule is C[C@@H]1CN(S(=O)(=O)c2ccc(NC(=O)CCCc3cccs3)cc2)C[C@@H](C)O1. The van der Waals surface area contributed by atoms with Gasteiger partial charge in [0.05, 0.1) is 17.1 Å². The van der Waals surface area contributed by atoms with Crippen LogP contribution in [0.2, 0.25) is 0 Å². The van der Waals surface area contributed by atoms with Crippen molar-refractivity contribution >= 4 is 33.0 Å². The number of ether oxygens (including phenoxy) is 1. The Balaban J connectivity index is 1.55. The Hall–Kier alpha value is -1.74. The van der Waals surface area contributed by atoms with Crippen LogP contribution in [-0.4, -0.2) is 43.9 Å². The summed E-state index contributed by atoms with van der Waals surface area (Å²) >= 11 is 1.69. The van der Waals surface area contributed by atoms with Gasteiger partial charge in [-0.2, -0.15) is 4.31 Å². The molecule has 1 N–H and O–H groups in total. The van der Waals surface area contributed by atoms with E-state index in [-0.39, 0.29) is 23.0 Å². The van der Waals surface area contributed by atoms with Crippen LogP contribution >= 0.6 is 11.3 Å². The highest BCUT2D eigenvalue weighted by molar-refractivity contribution is 7.89. The van der Waals surface area contributed by atoms with Crippen molar-refractivity contribution in [1.82, 2.24) is 4.31 Å². The third-order valence-corrected chi connectivity index (χ3v) is 7.35. The van der Waals surface area contributed by atoms with E-state index in [2.05, 4.69) is 11.4 Å². The molecule has 1 fully saturated rings. The molecule has 28 heavy (non-hydrogen) atoms. The van der Waals surface area contributed by atoms with Gasteiger partial charge in [0.25, 0.3) is 0 Å². The molecule has 1 aliphatic heterocycles. The predicted molar refractivity (Wildman–Crippen MR) is 111 cm³/mol. The number of amides is 1. The number of anilines is 1. The first-order valence-corrected chi connectivity index (χ1v) is 11.7. The number of hydrogen-bond donors (Lipinski definition) is 1. The molecule has 1 aromatic carbocycles. The van der Waals surface area contributed by atoms with Crippen LogP contribution < -0.4 is 5.32 Å². The third-order valence-electron chi connectivity index (χ3n) is 4.57. The standard InChI is InChI=1S/C20H26N2O4S2/c1-15-13-22(14-16(2)26-15)28(24,25)19-10-8-17(9-11-19)21-20(23)7-3-5-18-6-4-12-27-18/h4,6,8-12,15-16H,3,5,7,13-14H2,1-2H3,(H,21,23)/t15-,16-/m1/s1. The topological polar surface area (TPSA) is 75.7 Å². The van der Waals surface area contributed by atoms with E-state index in [4.69, 9.17) is 4.74 Å². The summed E-state index contributed by atoms with van der Waals surface area (Å²) in [6, 6.07) is 10.4. The molecule has 2 heterocycles. The normalized spacial score (nSPS) is 20.8. The minimum atomic E-state index is -3.57. The van der Waals surface area contributed by atoms with E-state index < -0.39 is 10.0 Å². The molecule has 0 saturated carbocycles. The number of nitrogens with one attached hydrogen (secondary N) is 1. The van der Waals surface area contributed by atoms with Crippen molar-refractivity contribution in [2.75, 3.05) is 18.4 Å². The van der Waals surface area contributed by atoms with E-state index in [0.29, 0.717) is 25.2 Å². The van der Waals surface area contributed by atoms with Crippen molar-refractivity contribution in [2.24, 2.45) is 0 Å². The van der Waals surface area contributed by atoms with Gasteiger partial charge in [0.15, 0.2) is 0 Å². The summed E-state index contributed by atoms with van der Waals surface area (Å²) in [5.74, 6) is -0.0667. The molecule has 0 spiro atoms. The van der Waals surface area contributed by atoms with Crippen molar-refractivity contribution in [2.45, 2.75) is 50.2 Å². The first-order chi connectivity index (χ1) is 13.3. The van der Waals surface area contributed by atoms with E-state index in [0.717, 1.165) is 12.8 Å². The number of sulfonamides is 1. The molecule has 0 unspecified atom stereocenters. The van der Waals surface area contributed by atoms with E-state index in [1.807, 2.05) is 25.3 Å². The molecular weight excluding hydrogens is 396 g/mol. The highest BCUT2D eigenvalue weighted by Crippen LogP contribution is 2.22. The number of morpholine rings is 1. The second kappa shape index (κ2) is 9.17. The van der Waals surface area contributed by atoms with Crippen LogP contribution in [0.3, 0.4) is 0 Å². The molecule has 0 radical (unpaired) electrons. The van der Waals surface area contributed by atoms with Crippen LogP contribution in [0, 0.1) is 0 Å². The van der Waals surface area contributed by atoms with Crippen molar-refractivity contribution in [1.29, 1.82) is 0 Å². The lowest BCUT2D eigenvalue weighted by Crippen LogP contribution is -2.48. The molecule has 0 bridgehead atoms. The maximum Gasteiger partial charge on any atom is 0.243 e. The van der Waals surface area contributed by atoms with Gasteiger partial charge in [-0.3, -0.25) is 4.79 Å². The molecule has 8 heteroatoms. The van der Waals surface area contributed by atoms with Gasteiger partial charge < -0.3 is 10.1 Å². The number of aryl methyl sites for hydroxylation is 1. The van der Waals surface area contributed by atoms with E-state index in [1.165, 1.54) is 9.18 Å². The molecule has 1 amide bonds. The molecule has 6 nitrogen and oxygen atoms in total. The second-order valence-electron chi connectivity index (χ2n) is 7.08. The number of thiophene rings is 1. The van der Waals surface area contributed by atoms with E-state index in [9.17, 15) is 13.2 Å². The maximum atomic E-state index is 12.8. The minimum Gasteiger partial charge on any atom is -0.373 e. The number of nitrogens with zero attached hydrogens (tertiary/aromatic N) is 1. The van der Waals surface area contributed by atoms with Gasteiger partial charge in [0, 0.05) is 30.1 Å². The lowest BCUT2D eigenvalue weighted by Gasteiger charge is -2.34. The number of rotatable bonds is 7. The second-order valence-corrected chi connectivity index (χ2v) is 10.1. The van der Waals surface area contributed by atoms with Crippen molar-refractivity contribution in [3.8, 4) is 0 Å². The first-order valence-electron chi connectivity index (χ1n) is 9.42. The fraction of sp³-hybridized carbons (Fsp3) is 0.450. The van der Waals surface area contributed by atoms with Gasteiger partial charge in [-0.1, -0.05) is 6.07 Å². The minimum absolute atomic E-state index is 0.0667.